The maximum atomic E-state index is 13.0. The molecule has 5 heteroatoms. The molecule has 1 atom stereocenters. The largest absolute Gasteiger partial charge is 0.336 e. The van der Waals surface area contributed by atoms with Gasteiger partial charge < -0.3 is 10.2 Å². The second-order valence-electron chi connectivity index (χ2n) is 5.95. The van der Waals surface area contributed by atoms with Gasteiger partial charge in [-0.15, -0.1) is 0 Å². The molecule has 4 nitrogen and oxygen atoms in total. The molecule has 0 radical (unpaired) electrons. The van der Waals surface area contributed by atoms with Crippen LogP contribution in [-0.2, 0) is 15.1 Å². The van der Waals surface area contributed by atoms with Gasteiger partial charge in [0.25, 0.3) is 5.91 Å². The van der Waals surface area contributed by atoms with E-state index in [1.54, 1.807) is 37.4 Å². The van der Waals surface area contributed by atoms with Crippen LogP contribution >= 0.6 is 11.8 Å². The van der Waals surface area contributed by atoms with Crippen LogP contribution in [0, 0.1) is 0 Å². The van der Waals surface area contributed by atoms with Crippen molar-refractivity contribution in [2.45, 2.75) is 31.8 Å². The molecule has 1 aromatic rings. The second kappa shape index (κ2) is 5.72. The Hall–Kier alpha value is -1.49. The topological polar surface area (TPSA) is 49.4 Å². The van der Waals surface area contributed by atoms with Crippen LogP contribution in [0.2, 0.25) is 0 Å². The van der Waals surface area contributed by atoms with Crippen molar-refractivity contribution >= 4 is 23.6 Å². The van der Waals surface area contributed by atoms with Gasteiger partial charge in [-0.2, -0.15) is 11.8 Å². The minimum atomic E-state index is -0.994. The van der Waals surface area contributed by atoms with E-state index < -0.39 is 11.1 Å². The van der Waals surface area contributed by atoms with Crippen LogP contribution in [0.5, 0.6) is 0 Å². The molecule has 21 heavy (non-hydrogen) atoms. The van der Waals surface area contributed by atoms with Crippen LogP contribution in [-0.4, -0.2) is 40.8 Å². The van der Waals surface area contributed by atoms with Gasteiger partial charge in [0, 0.05) is 12.3 Å². The highest BCUT2D eigenvalue weighted by molar-refractivity contribution is 7.98. The molecule has 1 unspecified atom stereocenters. The fourth-order valence-corrected chi connectivity index (χ4v) is 2.98. The highest BCUT2D eigenvalue weighted by atomic mass is 32.2. The summed E-state index contributed by atoms with van der Waals surface area (Å²) in [5.74, 6) is 0.648. The minimum Gasteiger partial charge on any atom is -0.336 e. The van der Waals surface area contributed by atoms with Crippen molar-refractivity contribution in [3.63, 3.8) is 0 Å². The van der Waals surface area contributed by atoms with Gasteiger partial charge in [-0.3, -0.25) is 9.59 Å². The highest BCUT2D eigenvalue weighted by Crippen LogP contribution is 2.32. The standard InChI is InChI=1S/C16H22N2O2S/c1-15(2)13(19)17-16(3,12-8-6-5-7-9-12)14(20)18(15)10-11-21-4/h5-9H,10-11H2,1-4H3,(H,17,19). The van der Waals surface area contributed by atoms with Gasteiger partial charge in [0.05, 0.1) is 0 Å². The summed E-state index contributed by atoms with van der Waals surface area (Å²) >= 11 is 1.67. The number of rotatable bonds is 4. The first kappa shape index (κ1) is 15.9. The van der Waals surface area contributed by atoms with Crippen LogP contribution in [0.3, 0.4) is 0 Å². The highest BCUT2D eigenvalue weighted by Gasteiger charge is 2.52. The number of hydrogen-bond donors (Lipinski definition) is 1. The SMILES string of the molecule is CSCCN1C(=O)C(C)(c2ccccc2)NC(=O)C1(C)C. The van der Waals surface area contributed by atoms with E-state index in [2.05, 4.69) is 5.32 Å². The minimum absolute atomic E-state index is 0.0487. The Morgan fingerprint density at radius 2 is 1.76 bits per heavy atom. The Balaban J connectivity index is 2.42. The smallest absolute Gasteiger partial charge is 0.253 e. The zero-order valence-corrected chi connectivity index (χ0v) is 13.8. The van der Waals surface area contributed by atoms with Gasteiger partial charge in [0.1, 0.15) is 11.1 Å². The van der Waals surface area contributed by atoms with Gasteiger partial charge in [-0.1, -0.05) is 30.3 Å². The average Bonchev–Trinajstić information content (AvgIpc) is 2.46. The van der Waals surface area contributed by atoms with Crippen molar-refractivity contribution in [1.29, 1.82) is 0 Å². The molecule has 114 valence electrons. The Morgan fingerprint density at radius 1 is 1.14 bits per heavy atom. The number of nitrogens with zero attached hydrogens (tertiary/aromatic N) is 1. The third-order valence-electron chi connectivity index (χ3n) is 4.14. The average molecular weight is 306 g/mol. The van der Waals surface area contributed by atoms with Crippen molar-refractivity contribution in [3.8, 4) is 0 Å². The first-order valence-corrected chi connectivity index (χ1v) is 8.42. The first-order chi connectivity index (χ1) is 9.84. The summed E-state index contributed by atoms with van der Waals surface area (Å²) in [5, 5.41) is 2.92. The quantitative estimate of drug-likeness (QED) is 0.925. The maximum Gasteiger partial charge on any atom is 0.253 e. The summed E-state index contributed by atoms with van der Waals surface area (Å²) in [4.78, 5) is 27.2. The predicted molar refractivity (Wildman–Crippen MR) is 86.1 cm³/mol. The lowest BCUT2D eigenvalue weighted by Crippen LogP contribution is -2.72. The van der Waals surface area contributed by atoms with Gasteiger partial charge >= 0.3 is 0 Å². The van der Waals surface area contributed by atoms with E-state index in [9.17, 15) is 9.59 Å². The molecule has 1 heterocycles. The molecule has 1 N–H and O–H groups in total. The summed E-state index contributed by atoms with van der Waals surface area (Å²) in [5.41, 5.74) is -0.999. The molecule has 1 fully saturated rings. The number of carbonyl (C=O) groups excluding carboxylic acids is 2. The van der Waals surface area contributed by atoms with Gasteiger partial charge in [-0.25, -0.2) is 0 Å². The number of thioether (sulfide) groups is 1. The Kier molecular flexibility index (Phi) is 4.33. The van der Waals surface area contributed by atoms with E-state index in [1.165, 1.54) is 0 Å². The molecule has 1 aliphatic heterocycles. The third-order valence-corrected chi connectivity index (χ3v) is 4.73. The number of nitrogens with one attached hydrogen (secondary N) is 1. The molecule has 2 rings (SSSR count). The van der Waals surface area contributed by atoms with Crippen molar-refractivity contribution in [3.05, 3.63) is 35.9 Å². The van der Waals surface area contributed by atoms with Crippen LogP contribution < -0.4 is 5.32 Å². The van der Waals surface area contributed by atoms with E-state index in [0.29, 0.717) is 6.54 Å². The number of benzene rings is 1. The molecule has 0 aliphatic carbocycles. The third kappa shape index (κ3) is 2.67. The van der Waals surface area contributed by atoms with Crippen LogP contribution in [0.15, 0.2) is 30.3 Å². The van der Waals surface area contributed by atoms with Gasteiger partial charge in [0.2, 0.25) is 5.91 Å². The fraction of sp³-hybridized carbons (Fsp3) is 0.500. The van der Waals surface area contributed by atoms with Crippen molar-refractivity contribution in [1.82, 2.24) is 10.2 Å². The van der Waals surface area contributed by atoms with Crippen LogP contribution in [0.4, 0.5) is 0 Å². The molecule has 1 aromatic carbocycles. The van der Waals surface area contributed by atoms with Gasteiger partial charge in [0.15, 0.2) is 0 Å². The molecule has 1 aliphatic rings. The molecular formula is C16H22N2O2S. The number of amides is 2. The molecule has 0 aromatic heterocycles. The number of piperazine rings is 1. The molecule has 1 saturated heterocycles. The molecule has 2 amide bonds. The van der Waals surface area contributed by atoms with E-state index in [0.717, 1.165) is 11.3 Å². The molecule has 0 spiro atoms. The Bertz CT molecular complexity index is 544. The normalized spacial score (nSPS) is 24.9. The molecule has 0 saturated carbocycles. The summed E-state index contributed by atoms with van der Waals surface area (Å²) in [6, 6.07) is 9.42. The maximum absolute atomic E-state index is 13.0. The first-order valence-electron chi connectivity index (χ1n) is 7.03. The predicted octanol–water partition coefficient (Wildman–Crippen LogP) is 2.00. The van der Waals surface area contributed by atoms with E-state index in [1.807, 2.05) is 36.6 Å². The number of carbonyl (C=O) groups is 2. The van der Waals surface area contributed by atoms with E-state index >= 15 is 0 Å². The molecule has 0 bridgehead atoms. The summed E-state index contributed by atoms with van der Waals surface area (Å²) in [7, 11) is 0. The van der Waals surface area contributed by atoms with Crippen molar-refractivity contribution in [2.75, 3.05) is 18.6 Å². The lowest BCUT2D eigenvalue weighted by atomic mass is 9.83. The zero-order valence-electron chi connectivity index (χ0n) is 13.0. The van der Waals surface area contributed by atoms with Gasteiger partial charge in [-0.05, 0) is 32.6 Å². The summed E-state index contributed by atoms with van der Waals surface area (Å²) in [6.07, 6.45) is 2.00. The second-order valence-corrected chi connectivity index (χ2v) is 6.94. The Morgan fingerprint density at radius 3 is 2.33 bits per heavy atom. The zero-order chi connectivity index (χ0) is 15.7. The Labute approximate surface area is 130 Å². The van der Waals surface area contributed by atoms with Crippen LogP contribution in [0.1, 0.15) is 26.3 Å². The number of hydrogen-bond acceptors (Lipinski definition) is 3. The van der Waals surface area contributed by atoms with Crippen LogP contribution in [0.25, 0.3) is 0 Å². The summed E-state index contributed by atoms with van der Waals surface area (Å²) < 4.78 is 0. The van der Waals surface area contributed by atoms with Crippen molar-refractivity contribution < 1.29 is 9.59 Å². The van der Waals surface area contributed by atoms with E-state index in [4.69, 9.17) is 0 Å². The van der Waals surface area contributed by atoms with E-state index in [-0.39, 0.29) is 11.8 Å². The summed E-state index contributed by atoms with van der Waals surface area (Å²) in [6.45, 7) is 5.95. The van der Waals surface area contributed by atoms with Crippen molar-refractivity contribution in [2.24, 2.45) is 0 Å². The molecular weight excluding hydrogens is 284 g/mol. The lowest BCUT2D eigenvalue weighted by molar-refractivity contribution is -0.160. The monoisotopic (exact) mass is 306 g/mol. The lowest BCUT2D eigenvalue weighted by Gasteiger charge is -2.48. The fourth-order valence-electron chi connectivity index (χ4n) is 2.61.